The maximum Gasteiger partial charge on any atom is 0.275 e. The Labute approximate surface area is 46.0 Å². The van der Waals surface area contributed by atoms with Crippen LogP contribution in [0.5, 0.6) is 0 Å². The van der Waals surface area contributed by atoms with Crippen LogP contribution in [-0.2, 0) is 0 Å². The van der Waals surface area contributed by atoms with Gasteiger partial charge in [-0.05, 0) is 0 Å². The van der Waals surface area contributed by atoms with E-state index >= 15 is 0 Å². The van der Waals surface area contributed by atoms with E-state index in [0.29, 0.717) is 0 Å². The minimum atomic E-state index is -0.230. The van der Waals surface area contributed by atoms with E-state index in [1.165, 1.54) is 18.5 Å². The van der Waals surface area contributed by atoms with Gasteiger partial charge in [-0.2, -0.15) is 0 Å². The Morgan fingerprint density at radius 3 is 3.25 bits per heavy atom. The van der Waals surface area contributed by atoms with Crippen LogP contribution >= 0.6 is 0 Å². The number of nitrogens with zero attached hydrogens (tertiary/aromatic N) is 1. The van der Waals surface area contributed by atoms with Gasteiger partial charge in [0, 0.05) is 0 Å². The zero-order valence-corrected chi connectivity index (χ0v) is 4.16. The highest BCUT2D eigenvalue weighted by Gasteiger charge is 1.76. The van der Waals surface area contributed by atoms with E-state index in [-0.39, 0.29) is 5.56 Å². The van der Waals surface area contributed by atoms with Gasteiger partial charge in [-0.25, -0.2) is 9.97 Å². The minimum Gasteiger partial charge on any atom is -0.267 e. The summed E-state index contributed by atoms with van der Waals surface area (Å²) < 4.78 is 0. The molecule has 1 aromatic heterocycles. The summed E-state index contributed by atoms with van der Waals surface area (Å²) in [5, 5.41) is 0. The zero-order valence-electron chi connectivity index (χ0n) is 4.16. The van der Waals surface area contributed by atoms with E-state index in [4.69, 9.17) is 0 Å². The summed E-state index contributed by atoms with van der Waals surface area (Å²) in [5.41, 5.74) is -0.230. The summed E-state index contributed by atoms with van der Waals surface area (Å²) in [6, 6.07) is 1.36. The van der Waals surface area contributed by atoms with Crippen LogP contribution in [-0.4, -0.2) is 4.98 Å². The SMILES string of the molecule is O=c1cc[nH+]ccn1. The van der Waals surface area contributed by atoms with Crippen molar-refractivity contribution in [3.05, 3.63) is 35.0 Å². The van der Waals surface area contributed by atoms with Crippen molar-refractivity contribution in [2.75, 3.05) is 0 Å². The molecule has 0 aromatic carbocycles. The van der Waals surface area contributed by atoms with Gasteiger partial charge in [-0.3, -0.25) is 4.79 Å². The molecular weight excluding hydrogens is 104 g/mol. The fourth-order valence-electron chi connectivity index (χ4n) is 0.372. The summed E-state index contributed by atoms with van der Waals surface area (Å²) >= 11 is 0. The second kappa shape index (κ2) is 2.16. The van der Waals surface area contributed by atoms with Gasteiger partial charge < -0.3 is 0 Å². The molecule has 40 valence electrons. The molecule has 8 heavy (non-hydrogen) atoms. The van der Waals surface area contributed by atoms with E-state index in [0.717, 1.165) is 0 Å². The molecule has 0 aliphatic heterocycles. The Morgan fingerprint density at radius 1 is 1.50 bits per heavy atom. The lowest BCUT2D eigenvalue weighted by molar-refractivity contribution is -0.377. The van der Waals surface area contributed by atoms with Gasteiger partial charge in [0.05, 0.1) is 12.3 Å². The highest BCUT2D eigenvalue weighted by Crippen LogP contribution is 1.54. The van der Waals surface area contributed by atoms with Crippen LogP contribution in [0.2, 0.25) is 0 Å². The molecule has 3 heteroatoms. The maximum atomic E-state index is 10.3. The first kappa shape index (κ1) is 4.90. The van der Waals surface area contributed by atoms with Crippen LogP contribution in [0.3, 0.4) is 0 Å². The highest BCUT2D eigenvalue weighted by atomic mass is 16.1. The van der Waals surface area contributed by atoms with Gasteiger partial charge in [0.2, 0.25) is 0 Å². The lowest BCUT2D eigenvalue weighted by atomic mass is 10.7. The van der Waals surface area contributed by atoms with Crippen molar-refractivity contribution in [3.63, 3.8) is 0 Å². The molecule has 0 aliphatic rings. The number of hydrogen-bond donors (Lipinski definition) is 0. The maximum absolute atomic E-state index is 10.3. The molecule has 0 radical (unpaired) electrons. The summed E-state index contributed by atoms with van der Waals surface area (Å²) in [6.07, 6.45) is 4.54. The number of hydrogen-bond acceptors (Lipinski definition) is 2. The molecule has 3 nitrogen and oxygen atoms in total. The Morgan fingerprint density at radius 2 is 2.38 bits per heavy atom. The molecule has 0 saturated heterocycles. The Hall–Kier alpha value is -1.25. The fraction of sp³-hybridized carbons (Fsp3) is 0. The topological polar surface area (TPSA) is 44.1 Å². The van der Waals surface area contributed by atoms with Gasteiger partial charge >= 0.3 is 0 Å². The second-order valence-corrected chi connectivity index (χ2v) is 1.28. The molecule has 0 fully saturated rings. The fourth-order valence-corrected chi connectivity index (χ4v) is 0.372. The number of rotatable bonds is 0. The van der Waals surface area contributed by atoms with Crippen molar-refractivity contribution in [2.24, 2.45) is 0 Å². The van der Waals surface area contributed by atoms with Crippen LogP contribution in [0.15, 0.2) is 29.5 Å². The quantitative estimate of drug-likeness (QED) is 0.440. The predicted octanol–water partition coefficient (Wildman–Crippen LogP) is -0.744. The molecule has 1 N–H and O–H groups in total. The first-order valence-corrected chi connectivity index (χ1v) is 2.22. The molecule has 1 rings (SSSR count). The van der Waals surface area contributed by atoms with Crippen LogP contribution in [0.25, 0.3) is 0 Å². The monoisotopic (exact) mass is 109 g/mol. The molecule has 0 atom stereocenters. The third-order valence-electron chi connectivity index (χ3n) is 0.695. The van der Waals surface area contributed by atoms with E-state index in [1.807, 2.05) is 0 Å². The normalized spacial score (nSPS) is 8.50. The molecule has 0 aliphatic carbocycles. The lowest BCUT2D eigenvalue weighted by Crippen LogP contribution is -1.97. The van der Waals surface area contributed by atoms with Crippen molar-refractivity contribution < 1.29 is 4.98 Å². The molecular formula is C5H5N2O+. The Balaban J connectivity index is 3.32. The standard InChI is InChI=1S/C5H4N2O/c8-5-1-2-6-3-4-7-5/h1-4H/p+1. The smallest absolute Gasteiger partial charge is 0.267 e. The van der Waals surface area contributed by atoms with E-state index in [2.05, 4.69) is 9.97 Å². The molecule has 0 amide bonds. The van der Waals surface area contributed by atoms with Gasteiger partial charge in [-0.1, -0.05) is 0 Å². The van der Waals surface area contributed by atoms with Crippen molar-refractivity contribution in [3.8, 4) is 0 Å². The van der Waals surface area contributed by atoms with Gasteiger partial charge in [0.15, 0.2) is 12.4 Å². The minimum absolute atomic E-state index is 0.230. The summed E-state index contributed by atoms with van der Waals surface area (Å²) in [6.45, 7) is 0. The van der Waals surface area contributed by atoms with Gasteiger partial charge in [-0.15, -0.1) is 0 Å². The predicted molar refractivity (Wildman–Crippen MR) is 27.1 cm³/mol. The molecule has 0 spiro atoms. The Kier molecular flexibility index (Phi) is 1.32. The van der Waals surface area contributed by atoms with Crippen molar-refractivity contribution in [2.45, 2.75) is 0 Å². The van der Waals surface area contributed by atoms with E-state index in [9.17, 15) is 4.79 Å². The van der Waals surface area contributed by atoms with Crippen molar-refractivity contribution in [1.82, 2.24) is 4.98 Å². The zero-order chi connectivity index (χ0) is 5.82. The van der Waals surface area contributed by atoms with Crippen LogP contribution in [0.4, 0.5) is 0 Å². The van der Waals surface area contributed by atoms with E-state index in [1.54, 1.807) is 6.20 Å². The van der Waals surface area contributed by atoms with Crippen molar-refractivity contribution in [1.29, 1.82) is 0 Å². The average Bonchev–Trinajstić information content (AvgIpc) is 1.94. The lowest BCUT2D eigenvalue weighted by Gasteiger charge is -1.53. The van der Waals surface area contributed by atoms with Gasteiger partial charge in [0.1, 0.15) is 0 Å². The summed E-state index contributed by atoms with van der Waals surface area (Å²) in [7, 11) is 0. The molecule has 0 unspecified atom stereocenters. The number of nitrogens with one attached hydrogen (secondary N) is 1. The summed E-state index contributed by atoms with van der Waals surface area (Å²) in [4.78, 5) is 16.5. The van der Waals surface area contributed by atoms with Crippen LogP contribution < -0.4 is 10.5 Å². The number of aromatic amines is 1. The van der Waals surface area contributed by atoms with Crippen molar-refractivity contribution >= 4 is 0 Å². The molecule has 0 bridgehead atoms. The Bertz CT molecular complexity index is 201. The first-order chi connectivity index (χ1) is 3.89. The molecule has 1 heterocycles. The first-order valence-electron chi connectivity index (χ1n) is 2.22. The van der Waals surface area contributed by atoms with E-state index < -0.39 is 0 Å². The number of H-pyrrole nitrogens is 1. The largest absolute Gasteiger partial charge is 0.275 e. The van der Waals surface area contributed by atoms with Gasteiger partial charge in [0.25, 0.3) is 5.56 Å². The van der Waals surface area contributed by atoms with Crippen LogP contribution in [0, 0.1) is 0 Å². The second-order valence-electron chi connectivity index (χ2n) is 1.28. The number of aromatic nitrogens is 2. The van der Waals surface area contributed by atoms with Crippen LogP contribution in [0.1, 0.15) is 0 Å². The summed E-state index contributed by atoms with van der Waals surface area (Å²) in [5.74, 6) is 0. The third-order valence-corrected chi connectivity index (χ3v) is 0.695. The molecule has 1 aromatic rings. The average molecular weight is 109 g/mol. The molecule has 0 saturated carbocycles. The third kappa shape index (κ3) is 1.11. The highest BCUT2D eigenvalue weighted by molar-refractivity contribution is 4.72.